The van der Waals surface area contributed by atoms with Gasteiger partial charge >= 0.3 is 6.01 Å². The van der Waals surface area contributed by atoms with Crippen LogP contribution in [0.2, 0.25) is 0 Å². The molecular formula is C10H19N3O2. The van der Waals surface area contributed by atoms with Crippen molar-refractivity contribution in [3.8, 4) is 0 Å². The van der Waals surface area contributed by atoms with Crippen LogP contribution >= 0.6 is 0 Å². The van der Waals surface area contributed by atoms with Crippen LogP contribution in [0.1, 0.15) is 46.5 Å². The zero-order valence-electron chi connectivity index (χ0n) is 10.00. The Balaban J connectivity index is 2.64. The van der Waals surface area contributed by atoms with Gasteiger partial charge in [-0.05, 0) is 34.6 Å². The van der Waals surface area contributed by atoms with E-state index < -0.39 is 0 Å². The molecule has 15 heavy (non-hydrogen) atoms. The van der Waals surface area contributed by atoms with Gasteiger partial charge in [0.05, 0.1) is 0 Å². The van der Waals surface area contributed by atoms with Crippen molar-refractivity contribution in [2.75, 3.05) is 11.9 Å². The van der Waals surface area contributed by atoms with Crippen molar-refractivity contribution < 1.29 is 9.26 Å². The predicted octanol–water partition coefficient (Wildman–Crippen LogP) is 2.38. The molecule has 5 nitrogen and oxygen atoms in total. The molecule has 0 saturated heterocycles. The third kappa shape index (κ3) is 3.87. The van der Waals surface area contributed by atoms with Crippen LogP contribution in [0, 0.1) is 0 Å². The molecule has 0 spiro atoms. The fourth-order valence-electron chi connectivity index (χ4n) is 1.10. The van der Waals surface area contributed by atoms with Crippen molar-refractivity contribution >= 4 is 6.01 Å². The number of nitrogens with one attached hydrogen (secondary N) is 1. The van der Waals surface area contributed by atoms with E-state index in [1.807, 2.05) is 34.6 Å². The number of anilines is 1. The summed E-state index contributed by atoms with van der Waals surface area (Å²) in [4.78, 5) is 4.20. The van der Waals surface area contributed by atoms with Gasteiger partial charge in [0, 0.05) is 12.1 Å². The summed E-state index contributed by atoms with van der Waals surface area (Å²) in [6.07, 6.45) is -0.130. The molecule has 5 heteroatoms. The van der Waals surface area contributed by atoms with Gasteiger partial charge in [-0.1, -0.05) is 5.16 Å². The second kappa shape index (κ2) is 4.61. The molecule has 1 unspecified atom stereocenters. The van der Waals surface area contributed by atoms with Gasteiger partial charge in [-0.2, -0.15) is 4.98 Å². The zero-order chi connectivity index (χ0) is 11.5. The van der Waals surface area contributed by atoms with Crippen molar-refractivity contribution in [3.63, 3.8) is 0 Å². The van der Waals surface area contributed by atoms with Crippen molar-refractivity contribution in [1.82, 2.24) is 10.1 Å². The summed E-state index contributed by atoms with van der Waals surface area (Å²) in [7, 11) is 0. The minimum absolute atomic E-state index is 0.0847. The van der Waals surface area contributed by atoms with Crippen LogP contribution in [0.15, 0.2) is 4.52 Å². The summed E-state index contributed by atoms with van der Waals surface area (Å²) in [5, 5.41) is 6.95. The van der Waals surface area contributed by atoms with Gasteiger partial charge in [-0.3, -0.25) is 0 Å². The van der Waals surface area contributed by atoms with Crippen LogP contribution < -0.4 is 5.32 Å². The lowest BCUT2D eigenvalue weighted by molar-refractivity contribution is 0.0683. The lowest BCUT2D eigenvalue weighted by atomic mass is 10.1. The molecule has 0 aliphatic heterocycles. The normalized spacial score (nSPS) is 13.9. The molecule has 1 atom stereocenters. The molecule has 1 aromatic heterocycles. The molecular weight excluding hydrogens is 194 g/mol. The van der Waals surface area contributed by atoms with Gasteiger partial charge in [-0.25, -0.2) is 0 Å². The van der Waals surface area contributed by atoms with E-state index in [9.17, 15) is 0 Å². The van der Waals surface area contributed by atoms with E-state index in [2.05, 4.69) is 15.5 Å². The fraction of sp³-hybridized carbons (Fsp3) is 0.800. The molecule has 0 radical (unpaired) electrons. The van der Waals surface area contributed by atoms with Crippen molar-refractivity contribution in [2.45, 2.75) is 46.3 Å². The van der Waals surface area contributed by atoms with Crippen LogP contribution in [-0.4, -0.2) is 22.3 Å². The smallest absolute Gasteiger partial charge is 0.321 e. The van der Waals surface area contributed by atoms with Crippen molar-refractivity contribution in [1.29, 1.82) is 0 Å². The highest BCUT2D eigenvalue weighted by molar-refractivity contribution is 5.22. The molecule has 0 aromatic carbocycles. The summed E-state index contributed by atoms with van der Waals surface area (Å²) >= 11 is 0. The van der Waals surface area contributed by atoms with Gasteiger partial charge < -0.3 is 14.6 Å². The molecule has 0 fully saturated rings. The highest BCUT2D eigenvalue weighted by Crippen LogP contribution is 2.17. The number of nitrogens with zero attached hydrogens (tertiary/aromatic N) is 2. The third-order valence-electron chi connectivity index (χ3n) is 1.70. The summed E-state index contributed by atoms with van der Waals surface area (Å²) in [5.41, 5.74) is -0.0847. The van der Waals surface area contributed by atoms with E-state index >= 15 is 0 Å². The first-order valence-electron chi connectivity index (χ1n) is 5.16. The summed E-state index contributed by atoms with van der Waals surface area (Å²) in [6.45, 7) is 10.6. The van der Waals surface area contributed by atoms with E-state index in [-0.39, 0.29) is 11.6 Å². The Morgan fingerprint density at radius 2 is 2.13 bits per heavy atom. The van der Waals surface area contributed by atoms with Gasteiger partial charge in [0.1, 0.15) is 6.10 Å². The molecule has 0 amide bonds. The molecule has 0 aliphatic carbocycles. The number of ether oxygens (including phenoxy) is 1. The summed E-state index contributed by atoms with van der Waals surface area (Å²) in [5.74, 6) is 0.573. The van der Waals surface area contributed by atoms with Crippen LogP contribution in [0.3, 0.4) is 0 Å². The maximum atomic E-state index is 5.36. The van der Waals surface area contributed by atoms with E-state index in [1.165, 1.54) is 0 Å². The zero-order valence-corrected chi connectivity index (χ0v) is 10.00. The first-order chi connectivity index (χ1) is 6.92. The SMILES string of the molecule is CCOC(C)c1noc(NC(C)(C)C)n1. The number of aromatic nitrogens is 2. The topological polar surface area (TPSA) is 60.2 Å². The Morgan fingerprint density at radius 1 is 1.47 bits per heavy atom. The molecule has 0 saturated carbocycles. The third-order valence-corrected chi connectivity index (χ3v) is 1.70. The Bertz CT molecular complexity index is 304. The minimum Gasteiger partial charge on any atom is -0.371 e. The molecule has 0 aliphatic rings. The largest absolute Gasteiger partial charge is 0.371 e. The van der Waals surface area contributed by atoms with Gasteiger partial charge in [0.15, 0.2) is 0 Å². The van der Waals surface area contributed by atoms with Crippen molar-refractivity contribution in [3.05, 3.63) is 5.82 Å². The van der Waals surface area contributed by atoms with Gasteiger partial charge in [0.25, 0.3) is 0 Å². The first-order valence-corrected chi connectivity index (χ1v) is 5.16. The number of hydrogen-bond donors (Lipinski definition) is 1. The van der Waals surface area contributed by atoms with E-state index in [1.54, 1.807) is 0 Å². The predicted molar refractivity (Wildman–Crippen MR) is 57.7 cm³/mol. The Labute approximate surface area is 90.2 Å². The summed E-state index contributed by atoms with van der Waals surface area (Å²) < 4.78 is 10.4. The van der Waals surface area contributed by atoms with E-state index in [4.69, 9.17) is 9.26 Å². The van der Waals surface area contributed by atoms with Crippen LogP contribution in [-0.2, 0) is 4.74 Å². The maximum Gasteiger partial charge on any atom is 0.321 e. The number of rotatable bonds is 4. The monoisotopic (exact) mass is 213 g/mol. The highest BCUT2D eigenvalue weighted by atomic mass is 16.5. The lowest BCUT2D eigenvalue weighted by Crippen LogP contribution is -2.26. The van der Waals surface area contributed by atoms with E-state index in [0.717, 1.165) is 0 Å². The summed E-state index contributed by atoms with van der Waals surface area (Å²) in [6, 6.07) is 0.434. The van der Waals surface area contributed by atoms with Crippen LogP contribution in [0.4, 0.5) is 6.01 Å². The van der Waals surface area contributed by atoms with Crippen LogP contribution in [0.5, 0.6) is 0 Å². The fourth-order valence-corrected chi connectivity index (χ4v) is 1.10. The van der Waals surface area contributed by atoms with Crippen molar-refractivity contribution in [2.24, 2.45) is 0 Å². The Hall–Kier alpha value is -1.10. The quantitative estimate of drug-likeness (QED) is 0.832. The highest BCUT2D eigenvalue weighted by Gasteiger charge is 2.17. The molecule has 1 rings (SSSR count). The molecule has 1 N–H and O–H groups in total. The molecule has 0 bridgehead atoms. The number of hydrogen-bond acceptors (Lipinski definition) is 5. The molecule has 1 aromatic rings. The molecule has 86 valence electrons. The van der Waals surface area contributed by atoms with Gasteiger partial charge in [-0.15, -0.1) is 0 Å². The Morgan fingerprint density at radius 3 is 2.67 bits per heavy atom. The lowest BCUT2D eigenvalue weighted by Gasteiger charge is -2.17. The molecule has 1 heterocycles. The standard InChI is InChI=1S/C10H19N3O2/c1-6-14-7(2)8-11-9(15-13-8)12-10(3,4)5/h7H,6H2,1-5H3,(H,11,12,13). The van der Waals surface area contributed by atoms with Crippen LogP contribution in [0.25, 0.3) is 0 Å². The van der Waals surface area contributed by atoms with E-state index in [0.29, 0.717) is 18.4 Å². The maximum absolute atomic E-state index is 5.36. The second-order valence-electron chi connectivity index (χ2n) is 4.43. The average Bonchev–Trinajstić information content (AvgIpc) is 2.50. The minimum atomic E-state index is -0.130. The first kappa shape index (κ1) is 12.0. The Kier molecular flexibility index (Phi) is 3.68. The van der Waals surface area contributed by atoms with Gasteiger partial charge in [0.2, 0.25) is 5.82 Å². The second-order valence-corrected chi connectivity index (χ2v) is 4.43. The average molecular weight is 213 g/mol.